The maximum Gasteiger partial charge on any atom is 0.350 e. The molecule has 0 N–H and O–H groups in total. The molecule has 0 radical (unpaired) electrons. The predicted molar refractivity (Wildman–Crippen MR) is 106 cm³/mol. The van der Waals surface area contributed by atoms with E-state index in [-0.39, 0.29) is 22.9 Å². The second kappa shape index (κ2) is 8.18. The lowest BCUT2D eigenvalue weighted by Gasteiger charge is -2.23. The van der Waals surface area contributed by atoms with Crippen LogP contribution in [0, 0.1) is 5.82 Å². The monoisotopic (exact) mass is 437 g/mol. The first-order valence-electron chi connectivity index (χ1n) is 9.59. The predicted octanol–water partition coefficient (Wildman–Crippen LogP) is 3.72. The lowest BCUT2D eigenvalue weighted by atomic mass is 9.93. The number of esters is 2. The van der Waals surface area contributed by atoms with Gasteiger partial charge in [0.1, 0.15) is 5.82 Å². The van der Waals surface area contributed by atoms with Gasteiger partial charge in [-0.05, 0) is 58.6 Å². The van der Waals surface area contributed by atoms with Gasteiger partial charge >= 0.3 is 11.9 Å². The molecule has 1 aliphatic heterocycles. The lowest BCUT2D eigenvalue weighted by Crippen LogP contribution is -2.39. The number of benzene rings is 1. The summed E-state index contributed by atoms with van der Waals surface area (Å²) in [6.07, 6.45) is 2.45. The van der Waals surface area contributed by atoms with Gasteiger partial charge in [-0.1, -0.05) is 11.6 Å². The van der Waals surface area contributed by atoms with E-state index in [4.69, 9.17) is 21.1 Å². The van der Waals surface area contributed by atoms with Crippen LogP contribution in [0.5, 0.6) is 0 Å². The summed E-state index contributed by atoms with van der Waals surface area (Å²) in [5.74, 6) is -3.90. The summed E-state index contributed by atoms with van der Waals surface area (Å²) in [5.41, 5.74) is -1.52. The van der Waals surface area contributed by atoms with Gasteiger partial charge in [0.25, 0.3) is 11.8 Å². The van der Waals surface area contributed by atoms with E-state index in [9.17, 15) is 23.6 Å². The van der Waals surface area contributed by atoms with Gasteiger partial charge in [-0.25, -0.2) is 18.9 Å². The molecular formula is C21H21ClFNO6. The molecule has 1 aromatic carbocycles. The molecule has 1 aliphatic carbocycles. The highest BCUT2D eigenvalue weighted by atomic mass is 35.5. The number of hydrogen-bond acceptors (Lipinski definition) is 6. The van der Waals surface area contributed by atoms with E-state index >= 15 is 0 Å². The Bertz CT molecular complexity index is 956. The number of carbonyl (C=O) groups excluding carboxylic acids is 4. The molecule has 1 aromatic rings. The van der Waals surface area contributed by atoms with Crippen molar-refractivity contribution in [1.29, 1.82) is 0 Å². The Morgan fingerprint density at radius 2 is 1.70 bits per heavy atom. The molecule has 1 heterocycles. The highest BCUT2D eigenvalue weighted by Gasteiger charge is 2.41. The molecule has 0 unspecified atom stereocenters. The topological polar surface area (TPSA) is 90.0 Å². The van der Waals surface area contributed by atoms with Crippen molar-refractivity contribution in [3.8, 4) is 0 Å². The Hall–Kier alpha value is -2.74. The van der Waals surface area contributed by atoms with E-state index < -0.39 is 35.2 Å². The largest absolute Gasteiger partial charge is 0.463 e. The van der Waals surface area contributed by atoms with E-state index in [0.29, 0.717) is 24.0 Å². The van der Waals surface area contributed by atoms with Crippen LogP contribution < -0.4 is 4.90 Å². The Balaban J connectivity index is 1.94. The van der Waals surface area contributed by atoms with Crippen LogP contribution in [0.2, 0.25) is 5.02 Å². The fourth-order valence-electron chi connectivity index (χ4n) is 3.46. The molecule has 7 nitrogen and oxygen atoms in total. The van der Waals surface area contributed by atoms with E-state index in [1.165, 1.54) is 13.8 Å². The van der Waals surface area contributed by atoms with Crippen molar-refractivity contribution in [2.45, 2.75) is 52.1 Å². The molecule has 0 spiro atoms. The summed E-state index contributed by atoms with van der Waals surface area (Å²) >= 11 is 6.01. The van der Waals surface area contributed by atoms with Crippen molar-refractivity contribution in [3.63, 3.8) is 0 Å². The van der Waals surface area contributed by atoms with Gasteiger partial charge in [-0.2, -0.15) is 0 Å². The molecule has 160 valence electrons. The van der Waals surface area contributed by atoms with Gasteiger partial charge in [0, 0.05) is 11.1 Å². The van der Waals surface area contributed by atoms with Crippen molar-refractivity contribution in [3.05, 3.63) is 39.7 Å². The average molecular weight is 438 g/mol. The molecule has 3 rings (SSSR count). The van der Waals surface area contributed by atoms with Gasteiger partial charge in [-0.15, -0.1) is 0 Å². The maximum absolute atomic E-state index is 14.7. The van der Waals surface area contributed by atoms with E-state index in [0.717, 1.165) is 29.9 Å². The second-order valence-corrected chi connectivity index (χ2v) is 7.92. The highest BCUT2D eigenvalue weighted by Crippen LogP contribution is 2.38. The summed E-state index contributed by atoms with van der Waals surface area (Å²) in [5, 5.41) is -0.280. The van der Waals surface area contributed by atoms with Crippen molar-refractivity contribution >= 4 is 41.0 Å². The third-order valence-corrected chi connectivity index (χ3v) is 5.32. The van der Waals surface area contributed by atoms with Gasteiger partial charge in [-0.3, -0.25) is 9.59 Å². The minimum Gasteiger partial charge on any atom is -0.463 e. The molecule has 0 saturated heterocycles. The van der Waals surface area contributed by atoms with Crippen molar-refractivity contribution < 1.29 is 33.0 Å². The fourth-order valence-corrected chi connectivity index (χ4v) is 3.68. The number of nitrogens with zero attached hydrogens (tertiary/aromatic N) is 1. The van der Waals surface area contributed by atoms with Gasteiger partial charge < -0.3 is 9.47 Å². The Kier molecular flexibility index (Phi) is 5.99. The number of halogens is 2. The van der Waals surface area contributed by atoms with Crippen molar-refractivity contribution in [2.24, 2.45) is 0 Å². The maximum atomic E-state index is 14.7. The third-order valence-electron chi connectivity index (χ3n) is 5.00. The average Bonchev–Trinajstić information content (AvgIpc) is 2.93. The number of ether oxygens (including phenoxy) is 2. The third kappa shape index (κ3) is 3.84. The lowest BCUT2D eigenvalue weighted by molar-refractivity contribution is -0.162. The number of imide groups is 1. The van der Waals surface area contributed by atoms with Crippen LogP contribution >= 0.6 is 11.6 Å². The zero-order valence-corrected chi connectivity index (χ0v) is 17.6. The number of carbonyl (C=O) groups is 4. The summed E-state index contributed by atoms with van der Waals surface area (Å²) in [6.45, 7) is 4.38. The quantitative estimate of drug-likeness (QED) is 0.515. The Morgan fingerprint density at radius 3 is 2.23 bits per heavy atom. The van der Waals surface area contributed by atoms with Gasteiger partial charge in [0.05, 0.1) is 22.9 Å². The first-order chi connectivity index (χ1) is 14.1. The Labute approximate surface area is 177 Å². The minimum absolute atomic E-state index is 0.0954. The fraction of sp³-hybridized carbons (Fsp3) is 0.429. The molecule has 2 amide bonds. The van der Waals surface area contributed by atoms with Gasteiger partial charge in [0.2, 0.25) is 5.60 Å². The van der Waals surface area contributed by atoms with Crippen LogP contribution in [0.4, 0.5) is 10.1 Å². The number of anilines is 1. The SMILES string of the molecule is CCOC(=O)C(C)(C)OC(=O)c1cc(N2C(=O)C3=C(CCCC3)C2=O)c(F)cc1Cl. The molecule has 0 fully saturated rings. The summed E-state index contributed by atoms with van der Waals surface area (Å²) < 4.78 is 24.7. The van der Waals surface area contributed by atoms with Crippen LogP contribution in [0.1, 0.15) is 56.8 Å². The number of amides is 2. The highest BCUT2D eigenvalue weighted by molar-refractivity contribution is 6.35. The molecule has 0 bridgehead atoms. The van der Waals surface area contributed by atoms with Crippen LogP contribution in [-0.2, 0) is 23.9 Å². The van der Waals surface area contributed by atoms with Gasteiger partial charge in [0.15, 0.2) is 0 Å². The standard InChI is InChI=1S/C21H21ClFNO6/c1-4-29-20(28)21(2,3)30-19(27)13-9-16(15(23)10-14(13)22)24-17(25)11-7-5-6-8-12(11)18(24)26/h9-10H,4-8H2,1-3H3. The minimum atomic E-state index is -1.62. The van der Waals surface area contributed by atoms with E-state index in [1.54, 1.807) is 6.92 Å². The zero-order chi connectivity index (χ0) is 22.2. The van der Waals surface area contributed by atoms with Crippen molar-refractivity contribution in [2.75, 3.05) is 11.5 Å². The van der Waals surface area contributed by atoms with E-state index in [2.05, 4.69) is 0 Å². The Morgan fingerprint density at radius 1 is 1.13 bits per heavy atom. The summed E-state index contributed by atoms with van der Waals surface area (Å²) in [7, 11) is 0. The molecule has 30 heavy (non-hydrogen) atoms. The first-order valence-corrected chi connectivity index (χ1v) is 9.96. The molecular weight excluding hydrogens is 417 g/mol. The van der Waals surface area contributed by atoms with Crippen LogP contribution in [0.25, 0.3) is 0 Å². The normalized spacial score (nSPS) is 16.6. The number of rotatable bonds is 5. The zero-order valence-electron chi connectivity index (χ0n) is 16.8. The van der Waals surface area contributed by atoms with Crippen molar-refractivity contribution in [1.82, 2.24) is 0 Å². The molecule has 0 saturated carbocycles. The van der Waals surface area contributed by atoms with Crippen LogP contribution in [0.15, 0.2) is 23.3 Å². The molecule has 9 heteroatoms. The van der Waals surface area contributed by atoms with Crippen LogP contribution in [-0.4, -0.2) is 36.0 Å². The molecule has 0 aromatic heterocycles. The number of hydrogen-bond donors (Lipinski definition) is 0. The first kappa shape index (κ1) is 22.0. The summed E-state index contributed by atoms with van der Waals surface area (Å²) in [6, 6.07) is 1.83. The van der Waals surface area contributed by atoms with E-state index in [1.807, 2.05) is 0 Å². The molecule has 0 atom stereocenters. The smallest absolute Gasteiger partial charge is 0.350 e. The second-order valence-electron chi connectivity index (χ2n) is 7.51. The van der Waals surface area contributed by atoms with Crippen LogP contribution in [0.3, 0.4) is 0 Å². The molecule has 2 aliphatic rings. The summed E-state index contributed by atoms with van der Waals surface area (Å²) in [4.78, 5) is 50.8.